The van der Waals surface area contributed by atoms with Crippen LogP contribution in [-0.2, 0) is 22.4 Å². The Morgan fingerprint density at radius 3 is 2.34 bits per heavy atom. The van der Waals surface area contributed by atoms with E-state index in [0.717, 1.165) is 51.6 Å². The smallest absolute Gasteiger partial charge is 0.315 e. The Morgan fingerprint density at radius 1 is 1.00 bits per heavy atom. The molecular formula is C34H48FN7O5. The van der Waals surface area contributed by atoms with Crippen molar-refractivity contribution in [3.05, 3.63) is 46.5 Å². The van der Waals surface area contributed by atoms with Gasteiger partial charge in [0, 0.05) is 44.6 Å². The lowest BCUT2D eigenvalue weighted by Gasteiger charge is -2.36. The number of rotatable bonds is 12. The maximum Gasteiger partial charge on any atom is 0.315 e. The van der Waals surface area contributed by atoms with Gasteiger partial charge >= 0.3 is 6.03 Å². The Balaban J connectivity index is 1.31. The maximum absolute atomic E-state index is 15.7. The molecule has 4 amide bonds. The molecule has 2 heterocycles. The van der Waals surface area contributed by atoms with E-state index in [1.807, 2.05) is 14.0 Å². The number of amides is 4. The van der Waals surface area contributed by atoms with Crippen LogP contribution in [0, 0.1) is 17.7 Å². The average molecular weight is 654 g/mol. The molecule has 1 saturated heterocycles. The molecule has 2 aliphatic carbocycles. The lowest BCUT2D eigenvalue weighted by molar-refractivity contribution is -0.135. The quantitative estimate of drug-likeness (QED) is 0.316. The minimum atomic E-state index is -0.892. The van der Waals surface area contributed by atoms with Crippen LogP contribution in [0.15, 0.2) is 22.8 Å². The van der Waals surface area contributed by atoms with Gasteiger partial charge in [0.25, 0.3) is 5.91 Å². The zero-order valence-corrected chi connectivity index (χ0v) is 27.9. The molecule has 2 saturated carbocycles. The molecule has 5 rings (SSSR count). The van der Waals surface area contributed by atoms with Crippen molar-refractivity contribution in [2.45, 2.75) is 96.2 Å². The van der Waals surface area contributed by atoms with Crippen LogP contribution >= 0.6 is 0 Å². The summed E-state index contributed by atoms with van der Waals surface area (Å²) >= 11 is 0. The van der Waals surface area contributed by atoms with E-state index in [2.05, 4.69) is 38.1 Å². The van der Waals surface area contributed by atoms with Crippen molar-refractivity contribution in [3.63, 3.8) is 0 Å². The molecule has 0 unspecified atom stereocenters. The van der Waals surface area contributed by atoms with Crippen LogP contribution in [0.4, 0.5) is 9.18 Å². The van der Waals surface area contributed by atoms with Crippen molar-refractivity contribution in [3.8, 4) is 0 Å². The number of benzene rings is 1. The number of urea groups is 1. The van der Waals surface area contributed by atoms with Gasteiger partial charge in [0.1, 0.15) is 17.6 Å². The van der Waals surface area contributed by atoms with Gasteiger partial charge in [-0.15, -0.1) is 0 Å². The van der Waals surface area contributed by atoms with Gasteiger partial charge in [-0.05, 0) is 73.3 Å². The van der Waals surface area contributed by atoms with Crippen molar-refractivity contribution in [2.24, 2.45) is 11.8 Å². The molecule has 1 aliphatic heterocycles. The zero-order valence-electron chi connectivity index (χ0n) is 27.9. The third kappa shape index (κ3) is 8.74. The normalized spacial score (nSPS) is 22.2. The molecule has 0 radical (unpaired) electrons. The van der Waals surface area contributed by atoms with Gasteiger partial charge in [-0.2, -0.15) is 0 Å². The highest BCUT2D eigenvalue weighted by Crippen LogP contribution is 2.32. The number of likely N-dealkylation sites (N-methyl/N-ethyl adjacent to an activating group) is 1. The highest BCUT2D eigenvalue weighted by molar-refractivity contribution is 5.97. The molecule has 1 aromatic carbocycles. The molecule has 12 nitrogen and oxygen atoms in total. The Morgan fingerprint density at radius 2 is 1.70 bits per heavy atom. The lowest BCUT2D eigenvalue weighted by Crippen LogP contribution is -2.57. The van der Waals surface area contributed by atoms with E-state index in [4.69, 9.17) is 4.63 Å². The Bertz CT molecular complexity index is 1430. The van der Waals surface area contributed by atoms with Crippen LogP contribution in [-0.4, -0.2) is 95.1 Å². The molecule has 1 aromatic heterocycles. The Kier molecular flexibility index (Phi) is 11.3. The fourth-order valence-electron chi connectivity index (χ4n) is 6.60. The highest BCUT2D eigenvalue weighted by Gasteiger charge is 2.36. The van der Waals surface area contributed by atoms with Crippen molar-refractivity contribution in [2.75, 3.05) is 33.2 Å². The van der Waals surface area contributed by atoms with Crippen LogP contribution in [0.3, 0.4) is 0 Å². The fraction of sp³-hybridized carbons (Fsp3) is 0.647. The van der Waals surface area contributed by atoms with Crippen LogP contribution in [0.5, 0.6) is 0 Å². The molecule has 0 bridgehead atoms. The van der Waals surface area contributed by atoms with Crippen LogP contribution in [0.25, 0.3) is 0 Å². The van der Waals surface area contributed by atoms with E-state index in [9.17, 15) is 19.2 Å². The van der Waals surface area contributed by atoms with Crippen LogP contribution < -0.4 is 16.0 Å². The third-order valence-electron chi connectivity index (χ3n) is 10.0. The first-order valence-electron chi connectivity index (χ1n) is 17.0. The zero-order chi connectivity index (χ0) is 33.7. The Hall–Kier alpha value is -3.87. The van der Waals surface area contributed by atoms with Crippen LogP contribution in [0.2, 0.25) is 0 Å². The van der Waals surface area contributed by atoms with E-state index in [0.29, 0.717) is 36.7 Å². The summed E-state index contributed by atoms with van der Waals surface area (Å²) in [5, 5.41) is 16.2. The first-order valence-corrected chi connectivity index (χ1v) is 17.0. The summed E-state index contributed by atoms with van der Waals surface area (Å²) in [6.45, 7) is 8.36. The van der Waals surface area contributed by atoms with E-state index in [1.54, 1.807) is 24.0 Å². The number of ketones is 1. The number of Topliss-reactive ketones (excluding diaryl/α,β-unsaturated/α-hetero) is 1. The summed E-state index contributed by atoms with van der Waals surface area (Å²) in [4.78, 5) is 57.3. The minimum absolute atomic E-state index is 0.0547. The van der Waals surface area contributed by atoms with E-state index in [1.165, 1.54) is 6.07 Å². The summed E-state index contributed by atoms with van der Waals surface area (Å²) in [6, 6.07) is 2.64. The summed E-state index contributed by atoms with van der Waals surface area (Å²) in [5.41, 5.74) is 1.20. The number of hydrogen-bond acceptors (Lipinski definition) is 8. The number of halogens is 1. The molecule has 256 valence electrons. The predicted molar refractivity (Wildman–Crippen MR) is 172 cm³/mol. The molecule has 2 aromatic rings. The molecule has 3 atom stereocenters. The molecule has 47 heavy (non-hydrogen) atoms. The van der Waals surface area contributed by atoms with Gasteiger partial charge in [-0.1, -0.05) is 50.9 Å². The number of nitrogens with one attached hydrogen (secondary N) is 3. The van der Waals surface area contributed by atoms with Crippen molar-refractivity contribution >= 4 is 23.6 Å². The second-order valence-corrected chi connectivity index (χ2v) is 13.7. The summed E-state index contributed by atoms with van der Waals surface area (Å²) in [6.07, 6.45) is 5.50. The fourth-order valence-corrected chi connectivity index (χ4v) is 6.60. The second kappa shape index (κ2) is 15.4. The van der Waals surface area contributed by atoms with E-state index in [-0.39, 0.29) is 41.3 Å². The summed E-state index contributed by atoms with van der Waals surface area (Å²) in [5.74, 6) is -1.67. The topological polar surface area (TPSA) is 150 Å². The molecule has 3 N–H and O–H groups in total. The Labute approximate surface area is 275 Å². The van der Waals surface area contributed by atoms with Crippen molar-refractivity contribution < 1.29 is 28.2 Å². The van der Waals surface area contributed by atoms with Gasteiger partial charge in [0.05, 0.1) is 6.04 Å². The van der Waals surface area contributed by atoms with Crippen LogP contribution in [0.1, 0.15) is 92.5 Å². The van der Waals surface area contributed by atoms with Gasteiger partial charge < -0.3 is 25.8 Å². The molecular weight excluding hydrogens is 605 g/mol. The SMILES string of the molecule is CCc1nonc1C(=O)N[C@H](C(=O)Cc1ccc([C@H](C)[C@@H](NC(=O)NC2CC2)C(=O)N2CCN(C)CC2)cc1F)C1CCC(C)CC1. The maximum atomic E-state index is 15.7. The number of hydrogen-bond donors (Lipinski definition) is 3. The summed E-state index contributed by atoms with van der Waals surface area (Å²) < 4.78 is 20.5. The first-order chi connectivity index (χ1) is 22.5. The number of nitrogens with zero attached hydrogens (tertiary/aromatic N) is 4. The molecule has 0 spiro atoms. The predicted octanol–water partition coefficient (Wildman–Crippen LogP) is 3.22. The number of aromatic nitrogens is 2. The van der Waals surface area contributed by atoms with Crippen molar-refractivity contribution in [1.82, 2.24) is 36.1 Å². The second-order valence-electron chi connectivity index (χ2n) is 13.7. The molecule has 3 aliphatic rings. The van der Waals surface area contributed by atoms with Crippen molar-refractivity contribution in [1.29, 1.82) is 0 Å². The number of aryl methyl sites for hydroxylation is 1. The van der Waals surface area contributed by atoms with Gasteiger partial charge in [-0.3, -0.25) is 14.4 Å². The van der Waals surface area contributed by atoms with Gasteiger partial charge in [-0.25, -0.2) is 13.8 Å². The third-order valence-corrected chi connectivity index (χ3v) is 10.0. The van der Waals surface area contributed by atoms with Gasteiger partial charge in [0.15, 0.2) is 11.5 Å². The minimum Gasteiger partial charge on any atom is -0.340 e. The molecule has 13 heteroatoms. The molecule has 3 fully saturated rings. The monoisotopic (exact) mass is 653 g/mol. The number of carbonyl (C=O) groups excluding carboxylic acids is 4. The summed E-state index contributed by atoms with van der Waals surface area (Å²) in [7, 11) is 2.00. The van der Waals surface area contributed by atoms with E-state index >= 15 is 4.39 Å². The lowest BCUT2D eigenvalue weighted by atomic mass is 9.77. The largest absolute Gasteiger partial charge is 0.340 e. The van der Waals surface area contributed by atoms with Gasteiger partial charge in [0.2, 0.25) is 5.91 Å². The number of piperazine rings is 1. The van der Waals surface area contributed by atoms with E-state index < -0.39 is 35.8 Å². The average Bonchev–Trinajstić information content (AvgIpc) is 3.74. The standard InChI is InChI=1S/C34H48FN7O5/c1-5-27-31(40-47-39-27)32(44)37-30(22-8-6-20(2)7-9-22)28(43)19-24-11-10-23(18-26(24)35)21(3)29(38-34(46)36-25-12-13-25)33(45)42-16-14-41(4)15-17-42/h10-11,18,20-22,25,29-30H,5-9,12-17,19H2,1-4H3,(H,37,44)(H2,36,38,46)/t20?,21-,22?,29+,30-/m0/s1. The highest BCUT2D eigenvalue weighted by atomic mass is 19.1. The first kappa shape index (κ1) is 34.5. The number of carbonyl (C=O) groups is 4.